The average Bonchev–Trinajstić information content (AvgIpc) is 2.23. The molecule has 0 atom stereocenters. The predicted octanol–water partition coefficient (Wildman–Crippen LogP) is 2.41. The van der Waals surface area contributed by atoms with E-state index in [4.69, 9.17) is 17.3 Å². The van der Waals surface area contributed by atoms with Crippen LogP contribution in [0.4, 0.5) is 5.69 Å². The molecule has 2 N–H and O–H groups in total. The molecule has 2 nitrogen and oxygen atoms in total. The fourth-order valence-corrected chi connectivity index (χ4v) is 1.62. The molecule has 0 amide bonds. The van der Waals surface area contributed by atoms with Crippen LogP contribution >= 0.6 is 11.6 Å². The highest BCUT2D eigenvalue weighted by molar-refractivity contribution is 6.30. The summed E-state index contributed by atoms with van der Waals surface area (Å²) >= 11 is 5.84. The Kier molecular flexibility index (Phi) is 2.60. The summed E-state index contributed by atoms with van der Waals surface area (Å²) < 4.78 is 2.03. The van der Waals surface area contributed by atoms with Crippen molar-refractivity contribution >= 4 is 17.3 Å². The van der Waals surface area contributed by atoms with Crippen molar-refractivity contribution in [1.82, 2.24) is 0 Å². The van der Waals surface area contributed by atoms with Gasteiger partial charge in [-0.05, 0) is 24.3 Å². The van der Waals surface area contributed by atoms with Crippen molar-refractivity contribution in [3.05, 3.63) is 47.6 Å². The maximum Gasteiger partial charge on any atom is 0.214 e. The number of hydrogen-bond donors (Lipinski definition) is 1. The molecular formula is C12H12ClN2+. The summed E-state index contributed by atoms with van der Waals surface area (Å²) in [7, 11) is 1.99. The summed E-state index contributed by atoms with van der Waals surface area (Å²) in [5.41, 5.74) is 8.70. The number of pyridine rings is 1. The van der Waals surface area contributed by atoms with E-state index >= 15 is 0 Å². The van der Waals surface area contributed by atoms with Gasteiger partial charge in [0.05, 0.1) is 0 Å². The lowest BCUT2D eigenvalue weighted by atomic mass is 10.1. The second kappa shape index (κ2) is 3.91. The SMILES string of the molecule is C[n+]1ccc(N)cc1-c1ccc(Cl)cc1. The minimum atomic E-state index is 0.741. The molecule has 0 spiro atoms. The summed E-state index contributed by atoms with van der Waals surface area (Å²) in [6, 6.07) is 11.5. The van der Waals surface area contributed by atoms with Gasteiger partial charge in [-0.3, -0.25) is 0 Å². The Morgan fingerprint density at radius 2 is 1.80 bits per heavy atom. The van der Waals surface area contributed by atoms with Crippen LogP contribution in [0.2, 0.25) is 5.02 Å². The largest absolute Gasteiger partial charge is 0.398 e. The normalized spacial score (nSPS) is 10.3. The van der Waals surface area contributed by atoms with Gasteiger partial charge in [0.15, 0.2) is 6.20 Å². The summed E-state index contributed by atoms with van der Waals surface area (Å²) in [5, 5.41) is 0.741. The molecule has 0 aliphatic rings. The van der Waals surface area contributed by atoms with E-state index in [0.29, 0.717) is 0 Å². The lowest BCUT2D eigenvalue weighted by Gasteiger charge is -2.01. The highest BCUT2D eigenvalue weighted by Gasteiger charge is 2.09. The van der Waals surface area contributed by atoms with E-state index in [-0.39, 0.29) is 0 Å². The van der Waals surface area contributed by atoms with Crippen LogP contribution in [0, 0.1) is 0 Å². The monoisotopic (exact) mass is 219 g/mol. The maximum absolute atomic E-state index is 5.84. The first-order valence-electron chi connectivity index (χ1n) is 4.68. The van der Waals surface area contributed by atoms with Gasteiger partial charge in [0, 0.05) is 28.4 Å². The summed E-state index contributed by atoms with van der Waals surface area (Å²) in [6.45, 7) is 0. The molecule has 1 aromatic heterocycles. The van der Waals surface area contributed by atoms with Crippen LogP contribution in [0.15, 0.2) is 42.6 Å². The van der Waals surface area contributed by atoms with E-state index in [1.54, 1.807) is 0 Å². The molecule has 1 heterocycles. The zero-order valence-corrected chi connectivity index (χ0v) is 9.20. The van der Waals surface area contributed by atoms with Gasteiger partial charge in [-0.2, -0.15) is 0 Å². The third-order valence-electron chi connectivity index (χ3n) is 2.31. The molecule has 0 radical (unpaired) electrons. The van der Waals surface area contributed by atoms with E-state index < -0.39 is 0 Å². The van der Waals surface area contributed by atoms with Crippen LogP contribution in [0.3, 0.4) is 0 Å². The van der Waals surface area contributed by atoms with Crippen molar-refractivity contribution in [1.29, 1.82) is 0 Å². The molecule has 0 aliphatic carbocycles. The van der Waals surface area contributed by atoms with Gasteiger partial charge < -0.3 is 5.73 Å². The van der Waals surface area contributed by atoms with Crippen LogP contribution in [-0.4, -0.2) is 0 Å². The Hall–Kier alpha value is -1.54. The van der Waals surface area contributed by atoms with Crippen LogP contribution in [0.5, 0.6) is 0 Å². The number of rotatable bonds is 1. The van der Waals surface area contributed by atoms with E-state index in [0.717, 1.165) is 22.0 Å². The zero-order valence-electron chi connectivity index (χ0n) is 8.44. The third kappa shape index (κ3) is 2.10. The number of nitrogens with two attached hydrogens (primary N) is 1. The number of anilines is 1. The topological polar surface area (TPSA) is 29.9 Å². The fraction of sp³-hybridized carbons (Fsp3) is 0.0833. The average molecular weight is 220 g/mol. The van der Waals surface area contributed by atoms with Crippen molar-refractivity contribution in [2.75, 3.05) is 5.73 Å². The van der Waals surface area contributed by atoms with Crippen molar-refractivity contribution < 1.29 is 4.57 Å². The number of benzene rings is 1. The highest BCUT2D eigenvalue weighted by atomic mass is 35.5. The molecule has 0 saturated heterocycles. The Bertz CT molecular complexity index is 477. The van der Waals surface area contributed by atoms with Gasteiger partial charge in [-0.25, -0.2) is 4.57 Å². The zero-order chi connectivity index (χ0) is 10.8. The Balaban J connectivity index is 2.53. The van der Waals surface area contributed by atoms with Gasteiger partial charge in [-0.15, -0.1) is 0 Å². The third-order valence-corrected chi connectivity index (χ3v) is 2.57. The van der Waals surface area contributed by atoms with Crippen molar-refractivity contribution in [2.24, 2.45) is 7.05 Å². The molecule has 2 aromatic rings. The Morgan fingerprint density at radius 1 is 1.13 bits per heavy atom. The standard InChI is InChI=1S/C12H11ClN2/c1-15-7-6-11(14)8-12(15)9-2-4-10(13)5-3-9/h2-8,14H,1H3/p+1. The van der Waals surface area contributed by atoms with Gasteiger partial charge in [0.1, 0.15) is 7.05 Å². The minimum Gasteiger partial charge on any atom is -0.398 e. The maximum atomic E-state index is 5.84. The number of nitrogen functional groups attached to an aromatic ring is 1. The fourth-order valence-electron chi connectivity index (χ4n) is 1.49. The molecular weight excluding hydrogens is 208 g/mol. The van der Waals surface area contributed by atoms with Crippen LogP contribution < -0.4 is 10.3 Å². The number of aryl methyl sites for hydroxylation is 1. The van der Waals surface area contributed by atoms with E-state index in [1.807, 2.05) is 54.2 Å². The molecule has 15 heavy (non-hydrogen) atoms. The minimum absolute atomic E-state index is 0.741. The lowest BCUT2D eigenvalue weighted by molar-refractivity contribution is -0.660. The second-order valence-corrected chi connectivity index (χ2v) is 3.90. The number of nitrogens with zero attached hydrogens (tertiary/aromatic N) is 1. The van der Waals surface area contributed by atoms with Crippen LogP contribution in [0.1, 0.15) is 0 Å². The van der Waals surface area contributed by atoms with Crippen molar-refractivity contribution in [3.63, 3.8) is 0 Å². The van der Waals surface area contributed by atoms with E-state index in [1.165, 1.54) is 0 Å². The second-order valence-electron chi connectivity index (χ2n) is 3.46. The predicted molar refractivity (Wildman–Crippen MR) is 62.5 cm³/mol. The quantitative estimate of drug-likeness (QED) is 0.734. The van der Waals surface area contributed by atoms with Gasteiger partial charge in [-0.1, -0.05) is 11.6 Å². The summed E-state index contributed by atoms with van der Waals surface area (Å²) in [4.78, 5) is 0. The van der Waals surface area contributed by atoms with Gasteiger partial charge >= 0.3 is 0 Å². The first-order chi connectivity index (χ1) is 7.16. The first-order valence-corrected chi connectivity index (χ1v) is 5.06. The van der Waals surface area contributed by atoms with Gasteiger partial charge in [0.25, 0.3) is 0 Å². The lowest BCUT2D eigenvalue weighted by Crippen LogP contribution is -2.30. The number of hydrogen-bond acceptors (Lipinski definition) is 1. The number of halogens is 1. The first kappa shape index (κ1) is 9.99. The highest BCUT2D eigenvalue weighted by Crippen LogP contribution is 2.19. The van der Waals surface area contributed by atoms with Gasteiger partial charge in [0.2, 0.25) is 5.69 Å². The number of aromatic nitrogens is 1. The Morgan fingerprint density at radius 3 is 2.47 bits per heavy atom. The molecule has 2 rings (SSSR count). The molecule has 76 valence electrons. The molecule has 0 aliphatic heterocycles. The van der Waals surface area contributed by atoms with Crippen LogP contribution in [0.25, 0.3) is 11.3 Å². The molecule has 3 heteroatoms. The smallest absolute Gasteiger partial charge is 0.214 e. The van der Waals surface area contributed by atoms with Crippen molar-refractivity contribution in [3.8, 4) is 11.3 Å². The Labute approximate surface area is 93.9 Å². The van der Waals surface area contributed by atoms with E-state index in [2.05, 4.69) is 0 Å². The molecule has 0 bridgehead atoms. The molecule has 0 unspecified atom stereocenters. The van der Waals surface area contributed by atoms with Crippen LogP contribution in [-0.2, 0) is 7.05 Å². The molecule has 0 saturated carbocycles. The summed E-state index contributed by atoms with van der Waals surface area (Å²) in [6.07, 6.45) is 1.94. The summed E-state index contributed by atoms with van der Waals surface area (Å²) in [5.74, 6) is 0. The molecule has 0 fully saturated rings. The van der Waals surface area contributed by atoms with E-state index in [9.17, 15) is 0 Å². The van der Waals surface area contributed by atoms with Crippen molar-refractivity contribution in [2.45, 2.75) is 0 Å². The molecule has 1 aromatic carbocycles.